The van der Waals surface area contributed by atoms with Crippen molar-refractivity contribution >= 4 is 13.2 Å². The third-order valence-electron chi connectivity index (χ3n) is 1.70. The van der Waals surface area contributed by atoms with Crippen LogP contribution in [0.1, 0.15) is 25.8 Å². The Morgan fingerprint density at radius 3 is 2.14 bits per heavy atom. The zero-order chi connectivity index (χ0) is 11.0. The van der Waals surface area contributed by atoms with Crippen LogP contribution in [0.5, 0.6) is 0 Å². The second-order valence-electron chi connectivity index (χ2n) is 3.35. The molecule has 0 amide bonds. The van der Waals surface area contributed by atoms with Crippen molar-refractivity contribution in [3.8, 4) is 0 Å². The van der Waals surface area contributed by atoms with Gasteiger partial charge >= 0.3 is 0 Å². The third kappa shape index (κ3) is 4.83. The molecule has 0 aliphatic rings. The first-order chi connectivity index (χ1) is 6.65. The fourth-order valence-electron chi connectivity index (χ4n) is 1.00. The van der Waals surface area contributed by atoms with Gasteiger partial charge in [0.2, 0.25) is 0 Å². The lowest BCUT2D eigenvalue weighted by molar-refractivity contribution is 0.966. The maximum atomic E-state index is 5.41. The normalized spacial score (nSPS) is 9.07. The highest BCUT2D eigenvalue weighted by Crippen LogP contribution is 1.90. The third-order valence-corrected chi connectivity index (χ3v) is 1.70. The summed E-state index contributed by atoms with van der Waals surface area (Å²) in [5.74, 6) is 0. The van der Waals surface area contributed by atoms with Gasteiger partial charge in [-0.2, -0.15) is 0 Å². The summed E-state index contributed by atoms with van der Waals surface area (Å²) in [6.07, 6.45) is 2.17. The van der Waals surface area contributed by atoms with E-state index >= 15 is 0 Å². The van der Waals surface area contributed by atoms with Crippen molar-refractivity contribution < 1.29 is 0 Å². The van der Waals surface area contributed by atoms with Crippen LogP contribution in [0.25, 0.3) is 13.2 Å². The van der Waals surface area contributed by atoms with E-state index in [1.807, 2.05) is 18.2 Å². The average Bonchev–Trinajstić information content (AvgIpc) is 2.13. The summed E-state index contributed by atoms with van der Waals surface area (Å²) >= 11 is 0. The van der Waals surface area contributed by atoms with Gasteiger partial charge in [0.05, 0.1) is 0 Å². The minimum Gasteiger partial charge on any atom is -0.330 e. The van der Waals surface area contributed by atoms with Crippen molar-refractivity contribution in [3.63, 3.8) is 0 Å². The maximum Gasteiger partial charge on any atom is -0.00367 e. The Balaban J connectivity index is 0.000000500. The Morgan fingerprint density at radius 1 is 1.14 bits per heavy atom. The van der Waals surface area contributed by atoms with Crippen LogP contribution >= 0.6 is 0 Å². The summed E-state index contributed by atoms with van der Waals surface area (Å²) in [6.45, 7) is 12.6. The molecule has 1 rings (SSSR count). The summed E-state index contributed by atoms with van der Waals surface area (Å²) in [4.78, 5) is 0. The lowest BCUT2D eigenvalue weighted by Gasteiger charge is -1.96. The minimum absolute atomic E-state index is 0.690. The molecule has 0 bridgehead atoms. The monoisotopic (exact) mass is 191 g/mol. The SMILES string of the molecule is C=c1ccc(CCN)cc1=C.CCC. The van der Waals surface area contributed by atoms with Crippen molar-refractivity contribution in [1.29, 1.82) is 0 Å². The average molecular weight is 191 g/mol. The number of benzene rings is 1. The largest absolute Gasteiger partial charge is 0.330 e. The predicted octanol–water partition coefficient (Wildman–Crippen LogP) is 1.42. The van der Waals surface area contributed by atoms with Crippen molar-refractivity contribution in [2.75, 3.05) is 6.54 Å². The molecular formula is C13H21N. The molecule has 0 saturated heterocycles. The van der Waals surface area contributed by atoms with E-state index in [-0.39, 0.29) is 0 Å². The molecule has 0 aliphatic carbocycles. The van der Waals surface area contributed by atoms with Crippen molar-refractivity contribution in [2.24, 2.45) is 5.73 Å². The first-order valence-corrected chi connectivity index (χ1v) is 5.12. The molecule has 0 spiro atoms. The van der Waals surface area contributed by atoms with E-state index < -0.39 is 0 Å². The molecule has 0 heterocycles. The summed E-state index contributed by atoms with van der Waals surface area (Å²) in [6, 6.07) is 6.06. The lowest BCUT2D eigenvalue weighted by atomic mass is 10.1. The van der Waals surface area contributed by atoms with Crippen LogP contribution in [0.4, 0.5) is 0 Å². The van der Waals surface area contributed by atoms with E-state index in [0.717, 1.165) is 16.9 Å². The van der Waals surface area contributed by atoms with Gasteiger partial charge in [0, 0.05) is 0 Å². The molecule has 1 aromatic rings. The molecule has 0 aliphatic heterocycles. The van der Waals surface area contributed by atoms with E-state index in [9.17, 15) is 0 Å². The highest BCUT2D eigenvalue weighted by atomic mass is 14.5. The topological polar surface area (TPSA) is 26.0 Å². The Bertz CT molecular complexity index is 341. The Kier molecular flexibility index (Phi) is 6.77. The van der Waals surface area contributed by atoms with Crippen LogP contribution in [0.3, 0.4) is 0 Å². The van der Waals surface area contributed by atoms with Gasteiger partial charge in [-0.15, -0.1) is 0 Å². The number of nitrogens with two attached hydrogens (primary N) is 1. The fourth-order valence-corrected chi connectivity index (χ4v) is 1.00. The number of rotatable bonds is 2. The van der Waals surface area contributed by atoms with Crippen molar-refractivity contribution in [1.82, 2.24) is 0 Å². The molecule has 78 valence electrons. The first kappa shape index (κ1) is 12.9. The van der Waals surface area contributed by atoms with Gasteiger partial charge in [0.25, 0.3) is 0 Å². The molecule has 14 heavy (non-hydrogen) atoms. The minimum atomic E-state index is 0.690. The van der Waals surface area contributed by atoms with Gasteiger partial charge in [0.1, 0.15) is 0 Å². The van der Waals surface area contributed by atoms with Crippen LogP contribution in [-0.2, 0) is 6.42 Å². The molecule has 0 fully saturated rings. The molecule has 1 nitrogen and oxygen atoms in total. The van der Waals surface area contributed by atoms with Crippen molar-refractivity contribution in [2.45, 2.75) is 26.7 Å². The van der Waals surface area contributed by atoms with E-state index in [2.05, 4.69) is 27.0 Å². The summed E-state index contributed by atoms with van der Waals surface area (Å²) in [5.41, 5.74) is 6.65. The van der Waals surface area contributed by atoms with Crippen molar-refractivity contribution in [3.05, 3.63) is 34.2 Å². The fraction of sp³-hybridized carbons (Fsp3) is 0.385. The van der Waals surface area contributed by atoms with Crippen LogP contribution < -0.4 is 16.2 Å². The maximum absolute atomic E-state index is 5.41. The molecule has 0 radical (unpaired) electrons. The second-order valence-corrected chi connectivity index (χ2v) is 3.35. The summed E-state index contributed by atoms with van der Waals surface area (Å²) < 4.78 is 0. The van der Waals surface area contributed by atoms with Gasteiger partial charge < -0.3 is 5.73 Å². The van der Waals surface area contributed by atoms with Crippen LogP contribution in [0.15, 0.2) is 18.2 Å². The standard InChI is InChI=1S/C10H13N.C3H8/c1-8-3-4-10(5-6-11)7-9(8)2;1-3-2/h3-4,7H,1-2,5-6,11H2;3H2,1-2H3. The quantitative estimate of drug-likeness (QED) is 0.752. The van der Waals surface area contributed by atoms with Gasteiger partial charge in [-0.25, -0.2) is 0 Å². The summed E-state index contributed by atoms with van der Waals surface area (Å²) in [7, 11) is 0. The summed E-state index contributed by atoms with van der Waals surface area (Å²) in [5, 5.41) is 1.99. The van der Waals surface area contributed by atoms with E-state index in [1.54, 1.807) is 0 Å². The smallest absolute Gasteiger partial charge is 0.00367 e. The number of hydrogen-bond donors (Lipinski definition) is 1. The van der Waals surface area contributed by atoms with Gasteiger partial charge in [-0.1, -0.05) is 51.6 Å². The Labute approximate surface area is 87.0 Å². The zero-order valence-electron chi connectivity index (χ0n) is 9.34. The van der Waals surface area contributed by atoms with E-state index in [4.69, 9.17) is 5.73 Å². The molecule has 0 atom stereocenters. The zero-order valence-corrected chi connectivity index (χ0v) is 9.34. The molecular weight excluding hydrogens is 170 g/mol. The molecule has 1 aromatic carbocycles. The molecule has 2 N–H and O–H groups in total. The van der Waals surface area contributed by atoms with Crippen LogP contribution in [-0.4, -0.2) is 6.54 Å². The Hall–Kier alpha value is -1.08. The van der Waals surface area contributed by atoms with Crippen LogP contribution in [0, 0.1) is 0 Å². The molecule has 1 heteroatoms. The molecule has 0 saturated carbocycles. The predicted molar refractivity (Wildman–Crippen MR) is 65.5 cm³/mol. The van der Waals surface area contributed by atoms with E-state index in [1.165, 1.54) is 12.0 Å². The molecule has 0 unspecified atom stereocenters. The Morgan fingerprint density at radius 2 is 1.71 bits per heavy atom. The van der Waals surface area contributed by atoms with Gasteiger partial charge in [-0.3, -0.25) is 0 Å². The number of hydrogen-bond acceptors (Lipinski definition) is 1. The van der Waals surface area contributed by atoms with E-state index in [0.29, 0.717) is 6.54 Å². The first-order valence-electron chi connectivity index (χ1n) is 5.12. The van der Waals surface area contributed by atoms with Gasteiger partial charge in [-0.05, 0) is 29.0 Å². The second kappa shape index (κ2) is 7.34. The highest BCUT2D eigenvalue weighted by molar-refractivity contribution is 5.23. The highest BCUT2D eigenvalue weighted by Gasteiger charge is 1.88. The molecule has 0 aromatic heterocycles. The van der Waals surface area contributed by atoms with Crippen LogP contribution in [0.2, 0.25) is 0 Å². The van der Waals surface area contributed by atoms with Gasteiger partial charge in [0.15, 0.2) is 0 Å². The lowest BCUT2D eigenvalue weighted by Crippen LogP contribution is -2.21.